The second-order valence-corrected chi connectivity index (χ2v) is 10.3. The largest absolute Gasteiger partial charge is 0.465 e. The summed E-state index contributed by atoms with van der Waals surface area (Å²) in [6, 6.07) is 20.8. The van der Waals surface area contributed by atoms with Crippen LogP contribution in [0.15, 0.2) is 72.9 Å². The molecule has 0 radical (unpaired) electrons. The first-order chi connectivity index (χ1) is 17.6. The zero-order valence-corrected chi connectivity index (χ0v) is 20.9. The molecule has 0 bridgehead atoms. The number of hydrogen-bond donors (Lipinski definition) is 1. The van der Waals surface area contributed by atoms with Gasteiger partial charge in [0, 0.05) is 22.3 Å². The highest BCUT2D eigenvalue weighted by atomic mass is 32.1. The van der Waals surface area contributed by atoms with E-state index in [1.807, 2.05) is 34.4 Å². The lowest BCUT2D eigenvalue weighted by Crippen LogP contribution is -2.38. The van der Waals surface area contributed by atoms with Gasteiger partial charge in [-0.2, -0.15) is 0 Å². The molecule has 6 rings (SSSR count). The van der Waals surface area contributed by atoms with E-state index in [1.165, 1.54) is 41.0 Å². The van der Waals surface area contributed by atoms with Crippen LogP contribution in [0.3, 0.4) is 0 Å². The van der Waals surface area contributed by atoms with Gasteiger partial charge in [-0.3, -0.25) is 0 Å². The van der Waals surface area contributed by atoms with E-state index < -0.39 is 5.97 Å². The Bertz CT molecular complexity index is 1440. The first-order valence-electron chi connectivity index (χ1n) is 12.3. The summed E-state index contributed by atoms with van der Waals surface area (Å²) < 4.78 is 7.13. The van der Waals surface area contributed by atoms with Crippen molar-refractivity contribution < 1.29 is 14.3 Å². The number of carbonyl (C=O) groups is 2. The van der Waals surface area contributed by atoms with Crippen molar-refractivity contribution in [1.29, 1.82) is 0 Å². The normalized spacial score (nSPS) is 16.4. The maximum absolute atomic E-state index is 14.0. The quantitative estimate of drug-likeness (QED) is 0.336. The number of nitrogens with zero attached hydrogens (tertiary/aromatic N) is 2. The lowest BCUT2D eigenvalue weighted by atomic mass is 9.95. The van der Waals surface area contributed by atoms with Gasteiger partial charge in [-0.25, -0.2) is 9.59 Å². The fourth-order valence-corrected chi connectivity index (χ4v) is 6.81. The Morgan fingerprint density at radius 2 is 1.81 bits per heavy atom. The van der Waals surface area contributed by atoms with Crippen molar-refractivity contribution in [2.24, 2.45) is 0 Å². The van der Waals surface area contributed by atoms with Crippen molar-refractivity contribution >= 4 is 29.0 Å². The van der Waals surface area contributed by atoms with E-state index in [2.05, 4.69) is 40.3 Å². The number of aryl methyl sites for hydroxylation is 1. The number of thiophene rings is 1. The monoisotopic (exact) mass is 497 g/mol. The molecule has 6 nitrogen and oxygen atoms in total. The minimum absolute atomic E-state index is 0.206. The van der Waals surface area contributed by atoms with Gasteiger partial charge in [0.1, 0.15) is 5.00 Å². The Hall–Kier alpha value is -3.84. The number of rotatable bonds is 3. The highest BCUT2D eigenvalue weighted by Gasteiger charge is 2.36. The van der Waals surface area contributed by atoms with E-state index in [1.54, 1.807) is 24.3 Å². The Morgan fingerprint density at radius 1 is 0.972 bits per heavy atom. The smallest absolute Gasteiger partial charge is 0.337 e. The highest BCUT2D eigenvalue weighted by molar-refractivity contribution is 7.15. The molecule has 36 heavy (non-hydrogen) atoms. The molecule has 7 heteroatoms. The molecule has 4 aromatic rings. The van der Waals surface area contributed by atoms with E-state index in [0.29, 0.717) is 17.8 Å². The van der Waals surface area contributed by atoms with Crippen LogP contribution < -0.4 is 5.32 Å². The van der Waals surface area contributed by atoms with Gasteiger partial charge in [-0.15, -0.1) is 11.3 Å². The number of urea groups is 1. The zero-order valence-electron chi connectivity index (χ0n) is 20.1. The molecule has 0 fully saturated rings. The number of aromatic nitrogens is 1. The summed E-state index contributed by atoms with van der Waals surface area (Å²) >= 11 is 1.87. The SMILES string of the molecule is COC(=O)c1cccc(NC(=O)N2Cc3c(sc4c3CCCC4)-n3cccc3[C@@H]2c2ccccc2)c1. The zero-order chi connectivity index (χ0) is 24.6. The van der Waals surface area contributed by atoms with Crippen LogP contribution in [0.2, 0.25) is 0 Å². The van der Waals surface area contributed by atoms with Gasteiger partial charge in [0.15, 0.2) is 0 Å². The molecule has 2 aromatic carbocycles. The molecule has 0 saturated heterocycles. The van der Waals surface area contributed by atoms with E-state index in [-0.39, 0.29) is 12.1 Å². The molecule has 1 aliphatic carbocycles. The molecule has 2 aromatic heterocycles. The second kappa shape index (κ2) is 9.32. The van der Waals surface area contributed by atoms with Gasteiger partial charge in [-0.05, 0) is 67.1 Å². The van der Waals surface area contributed by atoms with Gasteiger partial charge in [0.25, 0.3) is 0 Å². The van der Waals surface area contributed by atoms with Crippen LogP contribution in [0.25, 0.3) is 5.00 Å². The van der Waals surface area contributed by atoms with Crippen molar-refractivity contribution in [3.05, 3.63) is 106 Å². The standard InChI is InChI=1S/C29H27N3O3S/c1-35-28(33)20-11-7-12-21(17-20)30-29(34)32-18-23-22-13-5-6-15-25(22)36-27(23)31-16-8-14-24(31)26(32)19-9-3-2-4-10-19/h2-4,7-12,14,16-17,26H,5-6,13,15,18H2,1H3,(H,30,34)/t26-/m0/s1. The van der Waals surface area contributed by atoms with Crippen molar-refractivity contribution in [3.63, 3.8) is 0 Å². The number of benzene rings is 2. The number of nitrogens with one attached hydrogen (secondary N) is 1. The van der Waals surface area contributed by atoms with Crippen LogP contribution in [0, 0.1) is 0 Å². The number of esters is 1. The van der Waals surface area contributed by atoms with E-state index in [0.717, 1.165) is 24.1 Å². The molecular formula is C29H27N3O3S. The van der Waals surface area contributed by atoms with E-state index in [9.17, 15) is 9.59 Å². The third-order valence-corrected chi connectivity index (χ3v) is 8.42. The Labute approximate surface area is 214 Å². The summed E-state index contributed by atoms with van der Waals surface area (Å²) in [5.41, 5.74) is 5.75. The molecule has 0 spiro atoms. The highest BCUT2D eigenvalue weighted by Crippen LogP contribution is 2.44. The molecular weight excluding hydrogens is 470 g/mol. The number of hydrogen-bond acceptors (Lipinski definition) is 4. The first-order valence-corrected chi connectivity index (χ1v) is 13.1. The van der Waals surface area contributed by atoms with Gasteiger partial charge in [0.05, 0.1) is 31.0 Å². The van der Waals surface area contributed by atoms with Crippen LogP contribution in [0.1, 0.15) is 56.5 Å². The summed E-state index contributed by atoms with van der Waals surface area (Å²) in [5.74, 6) is -0.435. The lowest BCUT2D eigenvalue weighted by Gasteiger charge is -2.31. The Balaban J connectivity index is 1.45. The third kappa shape index (κ3) is 3.89. The minimum Gasteiger partial charge on any atom is -0.465 e. The lowest BCUT2D eigenvalue weighted by molar-refractivity contribution is 0.0600. The topological polar surface area (TPSA) is 63.6 Å². The van der Waals surface area contributed by atoms with Gasteiger partial charge >= 0.3 is 12.0 Å². The average molecular weight is 498 g/mol. The van der Waals surface area contributed by atoms with Crippen molar-refractivity contribution in [2.45, 2.75) is 38.3 Å². The molecule has 1 aliphatic heterocycles. The fraction of sp³-hybridized carbons (Fsp3) is 0.241. The minimum atomic E-state index is -0.435. The molecule has 2 amide bonds. The average Bonchev–Trinajstić information content (AvgIpc) is 3.50. The maximum atomic E-state index is 14.0. The van der Waals surface area contributed by atoms with Crippen molar-refractivity contribution in [2.75, 3.05) is 12.4 Å². The summed E-state index contributed by atoms with van der Waals surface area (Å²) in [6.07, 6.45) is 6.69. The Morgan fingerprint density at radius 3 is 2.64 bits per heavy atom. The molecule has 182 valence electrons. The fourth-order valence-electron chi connectivity index (χ4n) is 5.41. The van der Waals surface area contributed by atoms with Crippen LogP contribution in [-0.2, 0) is 24.1 Å². The molecule has 1 N–H and O–H groups in total. The van der Waals surface area contributed by atoms with Gasteiger partial charge in [0.2, 0.25) is 0 Å². The van der Waals surface area contributed by atoms with Crippen LogP contribution >= 0.6 is 11.3 Å². The molecule has 0 unspecified atom stereocenters. The molecule has 3 heterocycles. The third-order valence-electron chi connectivity index (χ3n) is 7.09. The molecule has 0 saturated carbocycles. The number of amides is 2. The summed E-state index contributed by atoms with van der Waals surface area (Å²) in [6.45, 7) is 0.519. The first kappa shape index (κ1) is 22.6. The maximum Gasteiger partial charge on any atom is 0.337 e. The summed E-state index contributed by atoms with van der Waals surface area (Å²) in [4.78, 5) is 29.4. The van der Waals surface area contributed by atoms with Gasteiger partial charge < -0.3 is 19.5 Å². The number of anilines is 1. The number of fused-ring (bicyclic) bond motifs is 5. The van der Waals surface area contributed by atoms with Crippen LogP contribution in [0.5, 0.6) is 0 Å². The second-order valence-electron chi connectivity index (χ2n) is 9.24. The van der Waals surface area contributed by atoms with E-state index >= 15 is 0 Å². The predicted molar refractivity (Wildman–Crippen MR) is 141 cm³/mol. The van der Waals surface area contributed by atoms with Crippen molar-refractivity contribution in [1.82, 2.24) is 9.47 Å². The van der Waals surface area contributed by atoms with Crippen LogP contribution in [-0.4, -0.2) is 28.6 Å². The van der Waals surface area contributed by atoms with Gasteiger partial charge in [-0.1, -0.05) is 36.4 Å². The Kier molecular flexibility index (Phi) is 5.85. The van der Waals surface area contributed by atoms with E-state index in [4.69, 9.17) is 4.74 Å². The molecule has 1 atom stereocenters. The predicted octanol–water partition coefficient (Wildman–Crippen LogP) is 6.34. The number of methoxy groups -OCH3 is 1. The van der Waals surface area contributed by atoms with Crippen molar-refractivity contribution in [3.8, 4) is 5.00 Å². The van der Waals surface area contributed by atoms with Crippen LogP contribution in [0.4, 0.5) is 10.5 Å². The molecule has 2 aliphatic rings. The summed E-state index contributed by atoms with van der Waals surface area (Å²) in [7, 11) is 1.35. The number of ether oxygens (including phenoxy) is 1. The number of carbonyl (C=O) groups excluding carboxylic acids is 2. The summed E-state index contributed by atoms with van der Waals surface area (Å²) in [5, 5.41) is 4.29.